The number of nitrogens with zero attached hydrogens (tertiary/aromatic N) is 2. The topological polar surface area (TPSA) is 81.3 Å². The summed E-state index contributed by atoms with van der Waals surface area (Å²) in [7, 11) is 1.47. The van der Waals surface area contributed by atoms with Crippen LogP contribution in [-0.2, 0) is 5.60 Å². The first-order chi connectivity index (χ1) is 6.11. The van der Waals surface area contributed by atoms with Gasteiger partial charge in [0.25, 0.3) is 0 Å². The van der Waals surface area contributed by atoms with E-state index in [9.17, 15) is 5.11 Å². The van der Waals surface area contributed by atoms with E-state index >= 15 is 0 Å². The summed E-state index contributed by atoms with van der Waals surface area (Å²) in [5, 5.41) is 9.80. The van der Waals surface area contributed by atoms with Gasteiger partial charge in [0.2, 0.25) is 5.88 Å². The largest absolute Gasteiger partial charge is 0.480 e. The molecule has 72 valence electrons. The molecule has 0 radical (unpaired) electrons. The van der Waals surface area contributed by atoms with Gasteiger partial charge in [-0.1, -0.05) is 0 Å². The van der Waals surface area contributed by atoms with Crippen LogP contribution in [0.3, 0.4) is 0 Å². The first-order valence-corrected chi connectivity index (χ1v) is 3.89. The fraction of sp³-hybridized carbons (Fsp3) is 0.500. The van der Waals surface area contributed by atoms with Gasteiger partial charge in [-0.25, -0.2) is 4.98 Å². The Morgan fingerprint density at radius 2 is 2.15 bits per heavy atom. The third-order valence-electron chi connectivity index (χ3n) is 1.77. The number of aromatic nitrogens is 2. The molecule has 0 aliphatic carbocycles. The predicted molar refractivity (Wildman–Crippen MR) is 47.2 cm³/mol. The van der Waals surface area contributed by atoms with Gasteiger partial charge >= 0.3 is 0 Å². The van der Waals surface area contributed by atoms with Crippen molar-refractivity contribution >= 4 is 0 Å². The lowest BCUT2D eigenvalue weighted by Crippen LogP contribution is -2.33. The summed E-state index contributed by atoms with van der Waals surface area (Å²) in [5.74, 6) is 0.304. The molecule has 0 aliphatic rings. The van der Waals surface area contributed by atoms with E-state index in [1.54, 1.807) is 6.92 Å². The first kappa shape index (κ1) is 9.88. The molecule has 0 saturated heterocycles. The SMILES string of the molecule is COc1nccnc1C(C)(O)CN. The molecule has 3 N–H and O–H groups in total. The maximum absolute atomic E-state index is 9.80. The van der Waals surface area contributed by atoms with Gasteiger partial charge in [0.15, 0.2) is 0 Å². The smallest absolute Gasteiger partial charge is 0.238 e. The van der Waals surface area contributed by atoms with Crippen LogP contribution in [0.2, 0.25) is 0 Å². The van der Waals surface area contributed by atoms with E-state index < -0.39 is 5.60 Å². The fourth-order valence-corrected chi connectivity index (χ4v) is 0.941. The maximum Gasteiger partial charge on any atom is 0.238 e. The Labute approximate surface area is 76.6 Å². The normalized spacial score (nSPS) is 15.1. The van der Waals surface area contributed by atoms with Crippen LogP contribution < -0.4 is 10.5 Å². The minimum Gasteiger partial charge on any atom is -0.480 e. The van der Waals surface area contributed by atoms with Gasteiger partial charge in [0.1, 0.15) is 11.3 Å². The molecule has 0 spiro atoms. The van der Waals surface area contributed by atoms with Crippen LogP contribution in [0.1, 0.15) is 12.6 Å². The number of rotatable bonds is 3. The highest BCUT2D eigenvalue weighted by Crippen LogP contribution is 2.23. The van der Waals surface area contributed by atoms with Crippen molar-refractivity contribution in [2.75, 3.05) is 13.7 Å². The minimum absolute atomic E-state index is 0.0715. The molecule has 1 heterocycles. The van der Waals surface area contributed by atoms with Crippen LogP contribution in [0.4, 0.5) is 0 Å². The Morgan fingerprint density at radius 3 is 2.69 bits per heavy atom. The lowest BCUT2D eigenvalue weighted by atomic mass is 10.0. The Hall–Kier alpha value is -1.20. The van der Waals surface area contributed by atoms with E-state index in [0.29, 0.717) is 11.6 Å². The molecule has 0 aliphatic heterocycles. The van der Waals surface area contributed by atoms with Crippen molar-refractivity contribution in [3.8, 4) is 5.88 Å². The maximum atomic E-state index is 9.80. The van der Waals surface area contributed by atoms with Crippen molar-refractivity contribution < 1.29 is 9.84 Å². The lowest BCUT2D eigenvalue weighted by molar-refractivity contribution is 0.0584. The van der Waals surface area contributed by atoms with Crippen molar-refractivity contribution in [3.63, 3.8) is 0 Å². The Morgan fingerprint density at radius 1 is 1.54 bits per heavy atom. The lowest BCUT2D eigenvalue weighted by Gasteiger charge is -2.21. The van der Waals surface area contributed by atoms with Gasteiger partial charge in [0, 0.05) is 18.9 Å². The molecule has 5 heteroatoms. The summed E-state index contributed by atoms with van der Waals surface area (Å²) in [5.41, 5.74) is 4.55. The summed E-state index contributed by atoms with van der Waals surface area (Å²) < 4.78 is 4.94. The average molecular weight is 183 g/mol. The van der Waals surface area contributed by atoms with E-state index in [2.05, 4.69) is 9.97 Å². The summed E-state index contributed by atoms with van der Waals surface area (Å²) in [6.45, 7) is 1.64. The average Bonchev–Trinajstić information content (AvgIpc) is 2.18. The number of nitrogens with two attached hydrogens (primary N) is 1. The van der Waals surface area contributed by atoms with Crippen molar-refractivity contribution in [1.82, 2.24) is 9.97 Å². The highest BCUT2D eigenvalue weighted by atomic mass is 16.5. The molecule has 1 aromatic rings. The van der Waals surface area contributed by atoms with E-state index in [4.69, 9.17) is 10.5 Å². The molecule has 0 amide bonds. The predicted octanol–water partition coefficient (Wildman–Crippen LogP) is -0.349. The first-order valence-electron chi connectivity index (χ1n) is 3.89. The van der Waals surface area contributed by atoms with Crippen LogP contribution in [-0.4, -0.2) is 28.7 Å². The second-order valence-electron chi connectivity index (χ2n) is 2.89. The van der Waals surface area contributed by atoms with E-state index in [-0.39, 0.29) is 6.54 Å². The fourth-order valence-electron chi connectivity index (χ4n) is 0.941. The molecule has 1 atom stereocenters. The van der Waals surface area contributed by atoms with Crippen molar-refractivity contribution in [2.45, 2.75) is 12.5 Å². The van der Waals surface area contributed by atoms with Crippen LogP contribution in [0, 0.1) is 0 Å². The molecule has 1 unspecified atom stereocenters. The van der Waals surface area contributed by atoms with Gasteiger partial charge in [-0.3, -0.25) is 4.98 Å². The second-order valence-corrected chi connectivity index (χ2v) is 2.89. The second kappa shape index (κ2) is 3.68. The number of aliphatic hydroxyl groups is 1. The van der Waals surface area contributed by atoms with E-state index in [1.165, 1.54) is 19.5 Å². The summed E-state index contributed by atoms with van der Waals surface area (Å²) >= 11 is 0. The van der Waals surface area contributed by atoms with Gasteiger partial charge in [-0.15, -0.1) is 0 Å². The molecular formula is C8H13N3O2. The molecule has 1 aromatic heterocycles. The highest BCUT2D eigenvalue weighted by Gasteiger charge is 2.27. The summed E-state index contributed by atoms with van der Waals surface area (Å²) in [4.78, 5) is 7.89. The quantitative estimate of drug-likeness (QED) is 0.669. The summed E-state index contributed by atoms with van der Waals surface area (Å²) in [6.07, 6.45) is 2.98. The van der Waals surface area contributed by atoms with Crippen molar-refractivity contribution in [2.24, 2.45) is 5.73 Å². The number of ether oxygens (including phenoxy) is 1. The standard InChI is InChI=1S/C8H13N3O2/c1-8(12,5-9)6-7(13-2)11-4-3-10-6/h3-4,12H,5,9H2,1-2H3. The van der Waals surface area contributed by atoms with Gasteiger partial charge < -0.3 is 15.6 Å². The Bertz CT molecular complexity index is 288. The Kier molecular flexibility index (Phi) is 2.79. The minimum atomic E-state index is -1.19. The van der Waals surface area contributed by atoms with E-state index in [1.807, 2.05) is 0 Å². The molecule has 0 bridgehead atoms. The third kappa shape index (κ3) is 1.93. The van der Waals surface area contributed by atoms with Crippen molar-refractivity contribution in [1.29, 1.82) is 0 Å². The van der Waals surface area contributed by atoms with Gasteiger partial charge in [-0.2, -0.15) is 0 Å². The van der Waals surface area contributed by atoms with Gasteiger partial charge in [-0.05, 0) is 6.92 Å². The number of hydrogen-bond donors (Lipinski definition) is 2. The number of methoxy groups -OCH3 is 1. The zero-order chi connectivity index (χ0) is 9.90. The van der Waals surface area contributed by atoms with Crippen LogP contribution in [0.15, 0.2) is 12.4 Å². The molecule has 0 aromatic carbocycles. The van der Waals surface area contributed by atoms with E-state index in [0.717, 1.165) is 0 Å². The zero-order valence-electron chi connectivity index (χ0n) is 7.69. The zero-order valence-corrected chi connectivity index (χ0v) is 7.69. The molecule has 1 rings (SSSR count). The Balaban J connectivity index is 3.12. The van der Waals surface area contributed by atoms with Gasteiger partial charge in [0.05, 0.1) is 7.11 Å². The molecule has 5 nitrogen and oxygen atoms in total. The molecule has 0 fully saturated rings. The summed E-state index contributed by atoms with van der Waals surface area (Å²) in [6, 6.07) is 0. The van der Waals surface area contributed by atoms with Crippen molar-refractivity contribution in [3.05, 3.63) is 18.1 Å². The highest BCUT2D eigenvalue weighted by molar-refractivity contribution is 5.23. The van der Waals surface area contributed by atoms with Crippen LogP contribution in [0.25, 0.3) is 0 Å². The molecule has 0 saturated carbocycles. The number of hydrogen-bond acceptors (Lipinski definition) is 5. The monoisotopic (exact) mass is 183 g/mol. The van der Waals surface area contributed by atoms with Crippen LogP contribution in [0.5, 0.6) is 5.88 Å². The third-order valence-corrected chi connectivity index (χ3v) is 1.77. The molecule has 13 heavy (non-hydrogen) atoms. The molecular weight excluding hydrogens is 170 g/mol. The van der Waals surface area contributed by atoms with Crippen LogP contribution >= 0.6 is 0 Å².